The molecule has 2 aromatic rings. The fourth-order valence-electron chi connectivity index (χ4n) is 1.09. The van der Waals surface area contributed by atoms with Gasteiger partial charge in [-0.1, -0.05) is 0 Å². The Hall–Kier alpha value is -0.800. The molecule has 13 heavy (non-hydrogen) atoms. The Labute approximate surface area is 85.8 Å². The number of fused-ring (bicyclic) bond motifs is 1. The summed E-state index contributed by atoms with van der Waals surface area (Å²) in [5, 5.41) is 0. The number of hydrogen-bond acceptors (Lipinski definition) is 1. The Kier molecular flexibility index (Phi) is 3.12. The molecule has 2 nitrogen and oxygen atoms in total. The first-order valence-corrected chi connectivity index (χ1v) is 4.03. The summed E-state index contributed by atoms with van der Waals surface area (Å²) in [4.78, 5) is 3.99. The van der Waals surface area contributed by atoms with E-state index >= 15 is 0 Å². The Morgan fingerprint density at radius 3 is 2.92 bits per heavy atom. The van der Waals surface area contributed by atoms with Crippen molar-refractivity contribution >= 4 is 29.7 Å². The maximum atomic E-state index is 13.0. The third kappa shape index (κ3) is 1.76. The summed E-state index contributed by atoms with van der Waals surface area (Å²) < 4.78 is 14.6. The van der Waals surface area contributed by atoms with Crippen LogP contribution in [0.15, 0.2) is 24.5 Å². The van der Waals surface area contributed by atoms with Crippen molar-refractivity contribution in [1.82, 2.24) is 9.38 Å². The van der Waals surface area contributed by atoms with E-state index < -0.39 is 0 Å². The van der Waals surface area contributed by atoms with E-state index in [0.29, 0.717) is 17.2 Å². The molecule has 0 aliphatic rings. The summed E-state index contributed by atoms with van der Waals surface area (Å²) in [6.45, 7) is 0. The summed E-state index contributed by atoms with van der Waals surface area (Å²) in [5.74, 6) is -0.0185. The van der Waals surface area contributed by atoms with Crippen LogP contribution in [0, 0.1) is 5.82 Å². The molecule has 2 rings (SSSR count). The van der Waals surface area contributed by atoms with E-state index in [1.165, 1.54) is 6.07 Å². The van der Waals surface area contributed by atoms with E-state index in [4.69, 9.17) is 11.6 Å². The number of alkyl halides is 1. The van der Waals surface area contributed by atoms with Crippen molar-refractivity contribution in [2.45, 2.75) is 5.88 Å². The van der Waals surface area contributed by atoms with Crippen LogP contribution in [0.5, 0.6) is 0 Å². The molecule has 0 unspecified atom stereocenters. The number of hydrogen-bond donors (Lipinski definition) is 0. The van der Waals surface area contributed by atoms with Crippen molar-refractivity contribution in [2.75, 3.05) is 0 Å². The molecule has 0 radical (unpaired) electrons. The van der Waals surface area contributed by atoms with Crippen LogP contribution >= 0.6 is 24.0 Å². The average molecular weight is 221 g/mol. The quantitative estimate of drug-likeness (QED) is 0.676. The van der Waals surface area contributed by atoms with Crippen LogP contribution < -0.4 is 0 Å². The Morgan fingerprint density at radius 2 is 2.31 bits per heavy atom. The first kappa shape index (κ1) is 10.3. The highest BCUT2D eigenvalue weighted by Gasteiger charge is 2.03. The molecule has 0 fully saturated rings. The zero-order chi connectivity index (χ0) is 8.55. The fraction of sp³-hybridized carbons (Fsp3) is 0.125. The molecule has 2 aromatic heterocycles. The van der Waals surface area contributed by atoms with Gasteiger partial charge in [-0.25, -0.2) is 9.37 Å². The predicted octanol–water partition coefficient (Wildman–Crippen LogP) is 2.63. The van der Waals surface area contributed by atoms with Crippen LogP contribution in [0.3, 0.4) is 0 Å². The van der Waals surface area contributed by atoms with Gasteiger partial charge in [-0.3, -0.25) is 0 Å². The predicted molar refractivity (Wildman–Crippen MR) is 52.0 cm³/mol. The van der Waals surface area contributed by atoms with Gasteiger partial charge in [0.15, 0.2) is 11.5 Å². The van der Waals surface area contributed by atoms with Gasteiger partial charge in [0.1, 0.15) is 0 Å². The second kappa shape index (κ2) is 3.94. The maximum absolute atomic E-state index is 13.0. The summed E-state index contributed by atoms with van der Waals surface area (Å²) >= 11 is 5.55. The van der Waals surface area contributed by atoms with Crippen LogP contribution in [0.25, 0.3) is 5.65 Å². The van der Waals surface area contributed by atoms with Gasteiger partial charge < -0.3 is 4.40 Å². The van der Waals surface area contributed by atoms with Crippen LogP contribution in [0.4, 0.5) is 4.39 Å². The van der Waals surface area contributed by atoms with Gasteiger partial charge in [0.2, 0.25) is 0 Å². The van der Waals surface area contributed by atoms with Gasteiger partial charge in [-0.2, -0.15) is 0 Å². The lowest BCUT2D eigenvalue weighted by atomic mass is 10.4. The Bertz CT molecular complexity index is 413. The standard InChI is InChI=1S/C8H6ClFN2.ClH/c9-4-6-5-12-3-1-2-7(10)8(12)11-6;/h1-3,5H,4H2;1H. The number of pyridine rings is 1. The summed E-state index contributed by atoms with van der Waals surface area (Å²) in [6.07, 6.45) is 3.45. The largest absolute Gasteiger partial charge is 0.304 e. The molecule has 0 saturated carbocycles. The first-order chi connectivity index (χ1) is 5.81. The second-order valence-electron chi connectivity index (χ2n) is 2.45. The van der Waals surface area contributed by atoms with Gasteiger partial charge in [-0.05, 0) is 12.1 Å². The molecule has 2 heterocycles. The Morgan fingerprint density at radius 1 is 1.54 bits per heavy atom. The molecular weight excluding hydrogens is 214 g/mol. The normalized spacial score (nSPS) is 10.0. The van der Waals surface area contributed by atoms with Crippen molar-refractivity contribution in [3.8, 4) is 0 Å². The molecule has 0 amide bonds. The summed E-state index contributed by atoms with van der Waals surface area (Å²) in [7, 11) is 0. The van der Waals surface area contributed by atoms with Gasteiger partial charge in [0, 0.05) is 12.4 Å². The molecule has 0 aliphatic heterocycles. The number of halogens is 3. The highest BCUT2D eigenvalue weighted by Crippen LogP contribution is 2.10. The van der Waals surface area contributed by atoms with E-state index in [9.17, 15) is 4.39 Å². The van der Waals surface area contributed by atoms with Gasteiger partial charge in [-0.15, -0.1) is 24.0 Å². The molecule has 0 N–H and O–H groups in total. The van der Waals surface area contributed by atoms with E-state index in [1.807, 2.05) is 0 Å². The topological polar surface area (TPSA) is 17.3 Å². The first-order valence-electron chi connectivity index (χ1n) is 3.49. The Balaban J connectivity index is 0.000000845. The van der Waals surface area contributed by atoms with E-state index in [2.05, 4.69) is 4.98 Å². The van der Waals surface area contributed by atoms with Crippen molar-refractivity contribution in [3.63, 3.8) is 0 Å². The van der Waals surface area contributed by atoms with Crippen molar-refractivity contribution in [1.29, 1.82) is 0 Å². The van der Waals surface area contributed by atoms with Crippen molar-refractivity contribution in [3.05, 3.63) is 36.0 Å². The maximum Gasteiger partial charge on any atom is 0.173 e. The molecule has 0 bridgehead atoms. The second-order valence-corrected chi connectivity index (χ2v) is 2.72. The minimum Gasteiger partial charge on any atom is -0.304 e. The third-order valence-electron chi connectivity index (χ3n) is 1.62. The SMILES string of the molecule is Cl.Fc1cccn2cc(CCl)nc12. The van der Waals surface area contributed by atoms with E-state index in [0.717, 1.165) is 0 Å². The zero-order valence-electron chi connectivity index (χ0n) is 6.58. The highest BCUT2D eigenvalue weighted by molar-refractivity contribution is 6.16. The van der Waals surface area contributed by atoms with Crippen LogP contribution in [0.2, 0.25) is 0 Å². The molecule has 0 atom stereocenters. The molecule has 0 aromatic carbocycles. The number of imidazole rings is 1. The molecule has 5 heteroatoms. The van der Waals surface area contributed by atoms with Crippen molar-refractivity contribution in [2.24, 2.45) is 0 Å². The highest BCUT2D eigenvalue weighted by atomic mass is 35.5. The number of nitrogens with zero attached hydrogens (tertiary/aromatic N) is 2. The van der Waals surface area contributed by atoms with Crippen LogP contribution in [-0.2, 0) is 5.88 Å². The van der Waals surface area contributed by atoms with Gasteiger partial charge in [0.05, 0.1) is 11.6 Å². The van der Waals surface area contributed by atoms with Crippen molar-refractivity contribution < 1.29 is 4.39 Å². The van der Waals surface area contributed by atoms with E-state index in [-0.39, 0.29) is 18.2 Å². The lowest BCUT2D eigenvalue weighted by molar-refractivity contribution is 0.630. The van der Waals surface area contributed by atoms with Crippen LogP contribution in [-0.4, -0.2) is 9.38 Å². The van der Waals surface area contributed by atoms with Gasteiger partial charge >= 0.3 is 0 Å². The molecule has 0 saturated heterocycles. The summed E-state index contributed by atoms with van der Waals surface area (Å²) in [6, 6.07) is 3.00. The van der Waals surface area contributed by atoms with Crippen LogP contribution in [0.1, 0.15) is 5.69 Å². The number of aromatic nitrogens is 2. The minimum absolute atomic E-state index is 0. The van der Waals surface area contributed by atoms with Gasteiger partial charge in [0.25, 0.3) is 0 Å². The fourth-order valence-corrected chi connectivity index (χ4v) is 1.22. The zero-order valence-corrected chi connectivity index (χ0v) is 8.15. The minimum atomic E-state index is -0.325. The third-order valence-corrected chi connectivity index (χ3v) is 1.90. The molecule has 0 spiro atoms. The molecule has 70 valence electrons. The van der Waals surface area contributed by atoms with E-state index in [1.54, 1.807) is 22.9 Å². The molecular formula is C8H7Cl2FN2. The molecule has 0 aliphatic carbocycles. The summed E-state index contributed by atoms with van der Waals surface area (Å²) in [5.41, 5.74) is 1.01. The number of rotatable bonds is 1. The lowest BCUT2D eigenvalue weighted by Crippen LogP contribution is -1.84. The smallest absolute Gasteiger partial charge is 0.173 e. The monoisotopic (exact) mass is 220 g/mol. The lowest BCUT2D eigenvalue weighted by Gasteiger charge is -1.90. The average Bonchev–Trinajstić information content (AvgIpc) is 2.49.